The topological polar surface area (TPSA) is 98.8 Å². The number of nitrogens with one attached hydrogen (secondary N) is 1. The summed E-state index contributed by atoms with van der Waals surface area (Å²) >= 11 is 12.1. The van der Waals surface area contributed by atoms with E-state index in [1.165, 1.54) is 12.1 Å². The number of hydrogen-bond donors (Lipinski definition) is 1. The number of sulfonamides is 1. The van der Waals surface area contributed by atoms with Crippen LogP contribution < -0.4 is 4.72 Å². The quantitative estimate of drug-likeness (QED) is 0.518. The van der Waals surface area contributed by atoms with Gasteiger partial charge in [-0.15, -0.1) is 0 Å². The lowest BCUT2D eigenvalue weighted by Gasteiger charge is -2.38. The summed E-state index contributed by atoms with van der Waals surface area (Å²) in [6.45, 7) is 8.27. The number of benzene rings is 1. The average molecular weight is 496 g/mol. The minimum absolute atomic E-state index is 0.0842. The highest BCUT2D eigenvalue weighted by Gasteiger charge is 2.54. The molecular weight excluding hydrogens is 472 g/mol. The van der Waals surface area contributed by atoms with Crippen LogP contribution in [0.3, 0.4) is 0 Å². The molecule has 0 fully saturated rings. The first-order chi connectivity index (χ1) is 13.7. The largest absolute Gasteiger partial charge is 0.359 e. The summed E-state index contributed by atoms with van der Waals surface area (Å²) in [5.41, 5.74) is 0.856. The van der Waals surface area contributed by atoms with Gasteiger partial charge in [0.25, 0.3) is 0 Å². The highest BCUT2D eigenvalue weighted by atomic mass is 35.5. The molecule has 1 aliphatic rings. The number of allylic oxidation sites excluding steroid dienone is 2. The predicted octanol–water partition coefficient (Wildman–Crippen LogP) is 4.84. The first kappa shape index (κ1) is 25.3. The molecule has 166 valence electrons. The number of carbonyl (C=O) groups excluding carboxylic acids is 1. The van der Waals surface area contributed by atoms with Crippen LogP contribution in [-0.2, 0) is 28.4 Å². The van der Waals surface area contributed by atoms with Crippen molar-refractivity contribution in [2.75, 3.05) is 0 Å². The van der Waals surface area contributed by atoms with E-state index in [-0.39, 0.29) is 4.90 Å². The van der Waals surface area contributed by atoms with Crippen LogP contribution in [0.5, 0.6) is 0 Å². The summed E-state index contributed by atoms with van der Waals surface area (Å²) in [7, 11) is -8.58. The third-order valence-electron chi connectivity index (χ3n) is 3.91. The molecule has 0 aliphatic heterocycles. The normalized spacial score (nSPS) is 17.3. The van der Waals surface area contributed by atoms with Crippen molar-refractivity contribution in [3.8, 4) is 0 Å². The molecule has 0 aromatic heterocycles. The van der Waals surface area contributed by atoms with Crippen LogP contribution in [-0.4, -0.2) is 31.7 Å². The van der Waals surface area contributed by atoms with Crippen LogP contribution >= 0.6 is 30.8 Å². The molecule has 0 amide bonds. The second-order valence-corrected chi connectivity index (χ2v) is 12.0. The fourth-order valence-corrected chi connectivity index (χ4v) is 7.49. The van der Waals surface area contributed by atoms with Gasteiger partial charge < -0.3 is 9.05 Å². The van der Waals surface area contributed by atoms with Gasteiger partial charge >= 0.3 is 7.60 Å². The molecule has 0 spiro atoms. The van der Waals surface area contributed by atoms with Crippen molar-refractivity contribution in [2.24, 2.45) is 0 Å². The molecule has 1 N–H and O–H groups in total. The summed E-state index contributed by atoms with van der Waals surface area (Å²) < 4.78 is 53.9. The van der Waals surface area contributed by atoms with E-state index in [1.54, 1.807) is 39.8 Å². The third kappa shape index (κ3) is 5.43. The molecule has 1 aliphatic carbocycles. The zero-order valence-corrected chi connectivity index (χ0v) is 20.4. The molecule has 11 heteroatoms. The van der Waals surface area contributed by atoms with Crippen molar-refractivity contribution in [2.45, 2.75) is 57.0 Å². The average Bonchev–Trinajstić information content (AvgIpc) is 2.58. The monoisotopic (exact) mass is 495 g/mol. The van der Waals surface area contributed by atoms with Crippen LogP contribution in [0, 0.1) is 6.92 Å². The van der Waals surface area contributed by atoms with Gasteiger partial charge in [-0.3, -0.25) is 9.36 Å². The lowest BCUT2D eigenvalue weighted by molar-refractivity contribution is -0.111. The van der Waals surface area contributed by atoms with Gasteiger partial charge in [-0.05, 0) is 58.9 Å². The van der Waals surface area contributed by atoms with Gasteiger partial charge in [-0.2, -0.15) is 4.72 Å². The summed E-state index contributed by atoms with van der Waals surface area (Å²) in [5, 5.41) is -2.95. The van der Waals surface area contributed by atoms with E-state index in [9.17, 15) is 17.8 Å². The molecule has 7 nitrogen and oxygen atoms in total. The van der Waals surface area contributed by atoms with E-state index < -0.39 is 51.0 Å². The van der Waals surface area contributed by atoms with E-state index in [0.717, 1.165) is 17.7 Å². The second-order valence-electron chi connectivity index (χ2n) is 7.36. The Kier molecular flexibility index (Phi) is 7.79. The smallest absolute Gasteiger partial charge is 0.304 e. The standard InChI is InChI=1S/C19H24Cl2NO6PS/c1-12(2)27-29(24,28-13(3)4)19(10-16(20)18(23)17(21)11-19)22-30(25,26)15-8-6-14(5)7-9-15/h6-13,22H,1-5H3. The maximum Gasteiger partial charge on any atom is 0.359 e. The van der Waals surface area contributed by atoms with Crippen molar-refractivity contribution in [1.82, 2.24) is 4.72 Å². The molecule has 30 heavy (non-hydrogen) atoms. The predicted molar refractivity (Wildman–Crippen MR) is 117 cm³/mol. The fraction of sp³-hybridized carbons (Fsp3) is 0.421. The van der Waals surface area contributed by atoms with Gasteiger partial charge in [-0.1, -0.05) is 40.9 Å². The Balaban J connectivity index is 2.73. The molecule has 0 saturated heterocycles. The lowest BCUT2D eigenvalue weighted by Crippen LogP contribution is -2.48. The Morgan fingerprint density at radius 1 is 0.967 bits per heavy atom. The van der Waals surface area contributed by atoms with Gasteiger partial charge in [0.1, 0.15) is 0 Å². The van der Waals surface area contributed by atoms with Gasteiger partial charge in [0, 0.05) is 0 Å². The maximum atomic E-state index is 14.0. The molecular formula is C19H24Cl2NO6PS. The number of hydrogen-bond acceptors (Lipinski definition) is 6. The van der Waals surface area contributed by atoms with E-state index in [4.69, 9.17) is 32.2 Å². The van der Waals surface area contributed by atoms with Crippen LogP contribution in [0.25, 0.3) is 0 Å². The molecule has 0 saturated carbocycles. The van der Waals surface area contributed by atoms with Gasteiger partial charge in [0.15, 0.2) is 5.28 Å². The minimum atomic E-state index is -4.33. The van der Waals surface area contributed by atoms with Crippen molar-refractivity contribution < 1.29 is 26.8 Å². The Hall–Kier alpha value is -0.990. The van der Waals surface area contributed by atoms with Gasteiger partial charge in [0.05, 0.1) is 27.2 Å². The molecule has 0 radical (unpaired) electrons. The van der Waals surface area contributed by atoms with Gasteiger partial charge in [0.2, 0.25) is 15.8 Å². The summed E-state index contributed by atoms with van der Waals surface area (Å²) in [5.74, 6) is -0.732. The summed E-state index contributed by atoms with van der Waals surface area (Å²) in [6.07, 6.45) is 0.819. The summed E-state index contributed by atoms with van der Waals surface area (Å²) in [6, 6.07) is 6.03. The van der Waals surface area contributed by atoms with Crippen molar-refractivity contribution in [3.63, 3.8) is 0 Å². The van der Waals surface area contributed by atoms with Gasteiger partial charge in [-0.25, -0.2) is 8.42 Å². The number of halogens is 2. The van der Waals surface area contributed by atoms with E-state index in [0.29, 0.717) is 0 Å². The Morgan fingerprint density at radius 3 is 1.80 bits per heavy atom. The molecule has 0 atom stereocenters. The molecule has 0 heterocycles. The van der Waals surface area contributed by atoms with Crippen LogP contribution in [0.4, 0.5) is 0 Å². The van der Waals surface area contributed by atoms with Crippen LogP contribution in [0.15, 0.2) is 51.4 Å². The number of ketones is 1. The van der Waals surface area contributed by atoms with Crippen LogP contribution in [0.2, 0.25) is 0 Å². The molecule has 2 rings (SSSR count). The Morgan fingerprint density at radius 2 is 1.40 bits per heavy atom. The van der Waals surface area contributed by atoms with Crippen molar-refractivity contribution in [3.05, 3.63) is 52.0 Å². The second kappa shape index (κ2) is 9.25. The van der Waals surface area contributed by atoms with E-state index in [2.05, 4.69) is 4.72 Å². The first-order valence-corrected chi connectivity index (χ1v) is 12.9. The molecule has 0 unspecified atom stereocenters. The maximum absolute atomic E-state index is 14.0. The SMILES string of the molecule is Cc1ccc(S(=O)(=O)NC2(P(=O)(OC(C)C)OC(C)C)C=C(Cl)C(=O)C(Cl)=C2)cc1. The lowest BCUT2D eigenvalue weighted by atomic mass is 10.1. The fourth-order valence-electron chi connectivity index (χ4n) is 2.69. The third-order valence-corrected chi connectivity index (χ3v) is 8.80. The van der Waals surface area contributed by atoms with Crippen molar-refractivity contribution >= 4 is 46.6 Å². The number of aryl methyl sites for hydroxylation is 1. The zero-order chi connectivity index (χ0) is 22.9. The zero-order valence-electron chi connectivity index (χ0n) is 17.2. The van der Waals surface area contributed by atoms with E-state index >= 15 is 0 Å². The van der Waals surface area contributed by atoms with E-state index in [1.807, 2.05) is 6.92 Å². The van der Waals surface area contributed by atoms with Crippen molar-refractivity contribution in [1.29, 1.82) is 0 Å². The molecule has 1 aromatic carbocycles. The Labute approximate surface area is 187 Å². The molecule has 0 bridgehead atoms. The number of rotatable bonds is 8. The van der Waals surface area contributed by atoms with Crippen LogP contribution in [0.1, 0.15) is 33.3 Å². The Bertz CT molecular complexity index is 996. The molecule has 1 aromatic rings. The highest BCUT2D eigenvalue weighted by molar-refractivity contribution is 7.90. The minimum Gasteiger partial charge on any atom is -0.304 e. The number of carbonyl (C=O) groups is 1. The summed E-state index contributed by atoms with van der Waals surface area (Å²) in [4.78, 5) is 12.0. The number of Topliss-reactive ketones (excluding diaryl/α,β-unsaturated/α-hetero) is 1. The first-order valence-electron chi connectivity index (χ1n) is 9.10. The highest BCUT2D eigenvalue weighted by Crippen LogP contribution is 2.63.